The van der Waals surface area contributed by atoms with Gasteiger partial charge in [0.1, 0.15) is 17.7 Å². The third kappa shape index (κ3) is 3.91. The van der Waals surface area contributed by atoms with E-state index in [2.05, 4.69) is 36.1 Å². The van der Waals surface area contributed by atoms with E-state index in [1.54, 1.807) is 12.3 Å². The Morgan fingerprint density at radius 2 is 1.92 bits per heavy atom. The minimum atomic E-state index is 0.472. The lowest BCUT2D eigenvalue weighted by atomic mass is 10.2. The van der Waals surface area contributed by atoms with Crippen molar-refractivity contribution in [3.05, 3.63) is 34.6 Å². The summed E-state index contributed by atoms with van der Waals surface area (Å²) in [5.74, 6) is 2.33. The number of nitrogens with zero attached hydrogens (tertiary/aromatic N) is 6. The van der Waals surface area contributed by atoms with Gasteiger partial charge in [0, 0.05) is 50.7 Å². The van der Waals surface area contributed by atoms with E-state index in [0.29, 0.717) is 16.5 Å². The summed E-state index contributed by atoms with van der Waals surface area (Å²) in [6.45, 7) is 8.01. The van der Waals surface area contributed by atoms with Crippen molar-refractivity contribution in [3.8, 4) is 6.07 Å². The Hall–Kier alpha value is -2.59. The highest BCUT2D eigenvalue weighted by atomic mass is 35.5. The molecule has 0 aromatic carbocycles. The zero-order chi connectivity index (χ0) is 17.8. The fourth-order valence-electron chi connectivity index (χ4n) is 2.82. The molecule has 2 aromatic heterocycles. The highest BCUT2D eigenvalue weighted by Gasteiger charge is 2.21. The number of pyridine rings is 1. The first-order valence-electron chi connectivity index (χ1n) is 8.25. The van der Waals surface area contributed by atoms with E-state index in [4.69, 9.17) is 16.9 Å². The molecule has 2 aromatic rings. The standard InChI is InChI=1S/C17H20ClN7/c1-3-20-17-22-12(2)8-15(23-17)24-4-6-25(7-5-24)16-14(18)9-13(10-19)11-21-16/h8-9,11H,3-7H2,1-2H3,(H,20,22,23). The van der Waals surface area contributed by atoms with Gasteiger partial charge in [0.2, 0.25) is 5.95 Å². The summed E-state index contributed by atoms with van der Waals surface area (Å²) in [4.78, 5) is 17.7. The predicted molar refractivity (Wildman–Crippen MR) is 99.3 cm³/mol. The number of anilines is 3. The molecule has 1 saturated heterocycles. The van der Waals surface area contributed by atoms with Crippen LogP contribution in [0, 0.1) is 18.3 Å². The van der Waals surface area contributed by atoms with Gasteiger partial charge in [-0.05, 0) is 19.9 Å². The summed E-state index contributed by atoms with van der Waals surface area (Å²) >= 11 is 6.27. The molecule has 0 bridgehead atoms. The molecule has 3 rings (SSSR count). The summed E-state index contributed by atoms with van der Waals surface area (Å²) in [6.07, 6.45) is 1.56. The largest absolute Gasteiger partial charge is 0.354 e. The molecule has 1 N–H and O–H groups in total. The Bertz CT molecular complexity index is 794. The van der Waals surface area contributed by atoms with Crippen LogP contribution in [0.5, 0.6) is 0 Å². The Morgan fingerprint density at radius 1 is 1.20 bits per heavy atom. The molecule has 0 amide bonds. The van der Waals surface area contributed by atoms with E-state index in [0.717, 1.165) is 50.1 Å². The third-order valence-electron chi connectivity index (χ3n) is 4.03. The number of aryl methyl sites for hydroxylation is 1. The van der Waals surface area contributed by atoms with Crippen molar-refractivity contribution in [2.24, 2.45) is 0 Å². The van der Waals surface area contributed by atoms with Crippen molar-refractivity contribution in [1.82, 2.24) is 15.0 Å². The van der Waals surface area contributed by atoms with Gasteiger partial charge in [-0.1, -0.05) is 11.6 Å². The van der Waals surface area contributed by atoms with Crippen molar-refractivity contribution in [2.75, 3.05) is 47.8 Å². The van der Waals surface area contributed by atoms with Gasteiger partial charge in [-0.15, -0.1) is 0 Å². The smallest absolute Gasteiger partial charge is 0.224 e. The van der Waals surface area contributed by atoms with Crippen LogP contribution in [-0.4, -0.2) is 47.7 Å². The van der Waals surface area contributed by atoms with E-state index in [1.807, 2.05) is 19.9 Å². The van der Waals surface area contributed by atoms with Gasteiger partial charge in [0.05, 0.1) is 10.6 Å². The molecule has 1 aliphatic heterocycles. The molecule has 0 radical (unpaired) electrons. The first kappa shape index (κ1) is 17.2. The molecule has 0 saturated carbocycles. The van der Waals surface area contributed by atoms with Crippen molar-refractivity contribution in [3.63, 3.8) is 0 Å². The first-order valence-corrected chi connectivity index (χ1v) is 8.63. The summed E-state index contributed by atoms with van der Waals surface area (Å²) in [7, 11) is 0. The minimum Gasteiger partial charge on any atom is -0.354 e. The second-order valence-corrected chi connectivity index (χ2v) is 6.24. The van der Waals surface area contributed by atoms with Crippen molar-refractivity contribution in [1.29, 1.82) is 5.26 Å². The van der Waals surface area contributed by atoms with Crippen LogP contribution < -0.4 is 15.1 Å². The molecule has 0 unspecified atom stereocenters. The van der Waals surface area contributed by atoms with Gasteiger partial charge in [-0.3, -0.25) is 0 Å². The molecule has 1 fully saturated rings. The highest BCUT2D eigenvalue weighted by molar-refractivity contribution is 6.33. The van der Waals surface area contributed by atoms with Crippen LogP contribution in [0.15, 0.2) is 18.3 Å². The van der Waals surface area contributed by atoms with Crippen LogP contribution in [0.2, 0.25) is 5.02 Å². The number of rotatable bonds is 4. The molecule has 3 heterocycles. The molecule has 0 atom stereocenters. The Morgan fingerprint density at radius 3 is 2.56 bits per heavy atom. The Balaban J connectivity index is 1.71. The van der Waals surface area contributed by atoms with Crippen molar-refractivity contribution < 1.29 is 0 Å². The number of halogens is 1. The SMILES string of the molecule is CCNc1nc(C)cc(N2CCN(c3ncc(C#N)cc3Cl)CC2)n1. The first-order chi connectivity index (χ1) is 12.1. The van der Waals surface area contributed by atoms with Crippen LogP contribution in [0.3, 0.4) is 0 Å². The molecule has 0 spiro atoms. The topological polar surface area (TPSA) is 81.0 Å². The summed E-state index contributed by atoms with van der Waals surface area (Å²) < 4.78 is 0. The lowest BCUT2D eigenvalue weighted by Gasteiger charge is -2.36. The molecule has 7 nitrogen and oxygen atoms in total. The zero-order valence-electron chi connectivity index (χ0n) is 14.3. The normalized spacial score (nSPS) is 14.3. The number of aromatic nitrogens is 3. The molecular weight excluding hydrogens is 338 g/mol. The predicted octanol–water partition coefficient (Wildman–Crippen LogP) is 2.46. The zero-order valence-corrected chi connectivity index (χ0v) is 15.1. The van der Waals surface area contributed by atoms with E-state index in [9.17, 15) is 0 Å². The third-order valence-corrected chi connectivity index (χ3v) is 4.31. The molecule has 25 heavy (non-hydrogen) atoms. The lowest BCUT2D eigenvalue weighted by molar-refractivity contribution is 0.641. The van der Waals surface area contributed by atoms with Gasteiger partial charge < -0.3 is 15.1 Å². The maximum atomic E-state index is 8.92. The summed E-state index contributed by atoms with van der Waals surface area (Å²) in [5, 5.41) is 12.6. The summed E-state index contributed by atoms with van der Waals surface area (Å²) in [6, 6.07) is 5.72. The number of hydrogen-bond donors (Lipinski definition) is 1. The molecule has 130 valence electrons. The van der Waals surface area contributed by atoms with E-state index >= 15 is 0 Å². The van der Waals surface area contributed by atoms with Crippen LogP contribution in [0.1, 0.15) is 18.2 Å². The fourth-order valence-corrected chi connectivity index (χ4v) is 3.11. The minimum absolute atomic E-state index is 0.472. The maximum absolute atomic E-state index is 8.92. The van der Waals surface area contributed by atoms with E-state index in [-0.39, 0.29) is 0 Å². The molecular formula is C17H20ClN7. The van der Waals surface area contributed by atoms with Gasteiger partial charge in [-0.25, -0.2) is 9.97 Å². The average Bonchev–Trinajstić information content (AvgIpc) is 2.61. The van der Waals surface area contributed by atoms with Crippen LogP contribution >= 0.6 is 11.6 Å². The lowest BCUT2D eigenvalue weighted by Crippen LogP contribution is -2.47. The van der Waals surface area contributed by atoms with Gasteiger partial charge in [-0.2, -0.15) is 10.2 Å². The summed E-state index contributed by atoms with van der Waals surface area (Å²) in [5.41, 5.74) is 1.42. The van der Waals surface area contributed by atoms with E-state index in [1.165, 1.54) is 0 Å². The van der Waals surface area contributed by atoms with Gasteiger partial charge >= 0.3 is 0 Å². The van der Waals surface area contributed by atoms with Crippen LogP contribution in [0.25, 0.3) is 0 Å². The molecule has 0 aliphatic carbocycles. The second kappa shape index (κ2) is 7.53. The average molecular weight is 358 g/mol. The van der Waals surface area contributed by atoms with Gasteiger partial charge in [0.25, 0.3) is 0 Å². The quantitative estimate of drug-likeness (QED) is 0.900. The monoisotopic (exact) mass is 357 g/mol. The maximum Gasteiger partial charge on any atom is 0.224 e. The fraction of sp³-hybridized carbons (Fsp3) is 0.412. The highest BCUT2D eigenvalue weighted by Crippen LogP contribution is 2.26. The second-order valence-electron chi connectivity index (χ2n) is 5.84. The number of piperazine rings is 1. The Labute approximate surface area is 152 Å². The molecule has 8 heteroatoms. The molecule has 1 aliphatic rings. The number of hydrogen-bond acceptors (Lipinski definition) is 7. The van der Waals surface area contributed by atoms with Crippen LogP contribution in [0.4, 0.5) is 17.6 Å². The van der Waals surface area contributed by atoms with Gasteiger partial charge in [0.15, 0.2) is 0 Å². The van der Waals surface area contributed by atoms with Crippen molar-refractivity contribution >= 4 is 29.2 Å². The van der Waals surface area contributed by atoms with Crippen molar-refractivity contribution in [2.45, 2.75) is 13.8 Å². The number of nitriles is 1. The Kier molecular flexibility index (Phi) is 5.19. The van der Waals surface area contributed by atoms with E-state index < -0.39 is 0 Å². The number of nitrogens with one attached hydrogen (secondary N) is 1. The van der Waals surface area contributed by atoms with Crippen LogP contribution in [-0.2, 0) is 0 Å².